The Bertz CT molecular complexity index is 230. The Morgan fingerprint density at radius 3 is 2.61 bits per heavy atom. The maximum atomic E-state index is 10.2. The molecule has 106 valence electrons. The maximum Gasteiger partial charge on any atom is 0.0697 e. The van der Waals surface area contributed by atoms with Crippen LogP contribution in [-0.2, 0) is 9.47 Å². The molecule has 0 radical (unpaired) electrons. The van der Waals surface area contributed by atoms with Crippen LogP contribution >= 0.6 is 0 Å². The van der Waals surface area contributed by atoms with Gasteiger partial charge in [-0.25, -0.2) is 0 Å². The molecule has 18 heavy (non-hydrogen) atoms. The van der Waals surface area contributed by atoms with E-state index in [1.165, 1.54) is 25.7 Å². The van der Waals surface area contributed by atoms with Gasteiger partial charge in [-0.05, 0) is 32.1 Å². The SMILES string of the molecule is CCOC1CC(O)(CCCCC2CCOCC2)C1. The topological polar surface area (TPSA) is 38.7 Å². The summed E-state index contributed by atoms with van der Waals surface area (Å²) in [5.74, 6) is 0.867. The minimum absolute atomic E-state index is 0.315. The summed E-state index contributed by atoms with van der Waals surface area (Å²) in [6, 6.07) is 0. The number of hydrogen-bond acceptors (Lipinski definition) is 3. The zero-order valence-corrected chi connectivity index (χ0v) is 11.7. The minimum Gasteiger partial charge on any atom is -0.390 e. The number of hydrogen-bond donors (Lipinski definition) is 1. The Kier molecular flexibility index (Phi) is 5.46. The van der Waals surface area contributed by atoms with Gasteiger partial charge in [0, 0.05) is 32.7 Å². The summed E-state index contributed by atoms with van der Waals surface area (Å²) in [6.45, 7) is 4.69. The maximum absolute atomic E-state index is 10.2. The molecule has 3 heteroatoms. The van der Waals surface area contributed by atoms with Crippen LogP contribution in [0.1, 0.15) is 58.3 Å². The molecule has 1 saturated carbocycles. The first-order valence-electron chi connectivity index (χ1n) is 7.63. The second kappa shape index (κ2) is 6.88. The highest BCUT2D eigenvalue weighted by molar-refractivity contribution is 4.94. The van der Waals surface area contributed by atoms with Gasteiger partial charge in [0.05, 0.1) is 11.7 Å². The summed E-state index contributed by atoms with van der Waals surface area (Å²) in [7, 11) is 0. The van der Waals surface area contributed by atoms with E-state index in [1.807, 2.05) is 6.92 Å². The highest BCUT2D eigenvalue weighted by Crippen LogP contribution is 2.38. The van der Waals surface area contributed by atoms with E-state index in [-0.39, 0.29) is 0 Å². The third-order valence-electron chi connectivity index (χ3n) is 4.46. The average molecular weight is 256 g/mol. The molecule has 0 atom stereocenters. The lowest BCUT2D eigenvalue weighted by atomic mass is 9.74. The van der Waals surface area contributed by atoms with Crippen molar-refractivity contribution in [3.63, 3.8) is 0 Å². The van der Waals surface area contributed by atoms with E-state index in [2.05, 4.69) is 0 Å². The van der Waals surface area contributed by atoms with Gasteiger partial charge < -0.3 is 14.6 Å². The van der Waals surface area contributed by atoms with Crippen LogP contribution in [0.5, 0.6) is 0 Å². The molecule has 1 heterocycles. The monoisotopic (exact) mass is 256 g/mol. The van der Waals surface area contributed by atoms with Crippen molar-refractivity contribution >= 4 is 0 Å². The minimum atomic E-state index is -0.407. The Morgan fingerprint density at radius 2 is 1.94 bits per heavy atom. The summed E-state index contributed by atoms with van der Waals surface area (Å²) in [5.41, 5.74) is -0.407. The Morgan fingerprint density at radius 1 is 1.22 bits per heavy atom. The lowest BCUT2D eigenvalue weighted by molar-refractivity contribution is -0.141. The van der Waals surface area contributed by atoms with Gasteiger partial charge in [0.15, 0.2) is 0 Å². The first kappa shape index (κ1) is 14.3. The first-order chi connectivity index (χ1) is 8.72. The second-order valence-electron chi connectivity index (χ2n) is 6.01. The van der Waals surface area contributed by atoms with Crippen LogP contribution in [0.25, 0.3) is 0 Å². The van der Waals surface area contributed by atoms with Crippen LogP contribution in [-0.4, -0.2) is 36.6 Å². The van der Waals surface area contributed by atoms with Gasteiger partial charge in [-0.3, -0.25) is 0 Å². The van der Waals surface area contributed by atoms with Crippen LogP contribution in [0.2, 0.25) is 0 Å². The fourth-order valence-corrected chi connectivity index (χ4v) is 3.27. The van der Waals surface area contributed by atoms with Gasteiger partial charge in [-0.15, -0.1) is 0 Å². The number of aliphatic hydroxyl groups is 1. The van der Waals surface area contributed by atoms with Crippen molar-refractivity contribution in [2.75, 3.05) is 19.8 Å². The summed E-state index contributed by atoms with van der Waals surface area (Å²) >= 11 is 0. The van der Waals surface area contributed by atoms with Gasteiger partial charge in [0.1, 0.15) is 0 Å². The summed E-state index contributed by atoms with van der Waals surface area (Å²) in [4.78, 5) is 0. The van der Waals surface area contributed by atoms with Crippen molar-refractivity contribution in [2.45, 2.75) is 70.0 Å². The molecule has 2 fully saturated rings. The summed E-state index contributed by atoms with van der Waals surface area (Å²) in [6.07, 6.45) is 9.16. The van der Waals surface area contributed by atoms with E-state index in [0.717, 1.165) is 51.4 Å². The van der Waals surface area contributed by atoms with Gasteiger partial charge in [0.25, 0.3) is 0 Å². The molecule has 1 N–H and O–H groups in total. The van der Waals surface area contributed by atoms with Crippen LogP contribution in [0, 0.1) is 5.92 Å². The highest BCUT2D eigenvalue weighted by atomic mass is 16.5. The van der Waals surface area contributed by atoms with Crippen molar-refractivity contribution in [1.29, 1.82) is 0 Å². The zero-order chi connectivity index (χ0) is 12.8. The highest BCUT2D eigenvalue weighted by Gasteiger charge is 2.42. The Labute approximate surface area is 111 Å². The Hall–Kier alpha value is -0.120. The molecule has 3 nitrogen and oxygen atoms in total. The van der Waals surface area contributed by atoms with Crippen molar-refractivity contribution in [2.24, 2.45) is 5.92 Å². The average Bonchev–Trinajstić information content (AvgIpc) is 2.35. The fourth-order valence-electron chi connectivity index (χ4n) is 3.27. The van der Waals surface area contributed by atoms with Crippen LogP contribution in [0.3, 0.4) is 0 Å². The molecular weight excluding hydrogens is 228 g/mol. The summed E-state index contributed by atoms with van der Waals surface area (Å²) in [5, 5.41) is 10.2. The predicted molar refractivity (Wildman–Crippen MR) is 71.6 cm³/mol. The standard InChI is InChI=1S/C15H28O3/c1-2-18-14-11-15(16,12-14)8-4-3-5-13-6-9-17-10-7-13/h13-14,16H,2-12H2,1H3. The van der Waals surface area contributed by atoms with Crippen molar-refractivity contribution < 1.29 is 14.6 Å². The molecule has 0 bridgehead atoms. The lowest BCUT2D eigenvalue weighted by Gasteiger charge is -2.43. The van der Waals surface area contributed by atoms with Crippen molar-refractivity contribution in [3.05, 3.63) is 0 Å². The van der Waals surface area contributed by atoms with Gasteiger partial charge in [-0.1, -0.05) is 19.3 Å². The van der Waals surface area contributed by atoms with E-state index in [0.29, 0.717) is 6.10 Å². The van der Waals surface area contributed by atoms with E-state index in [4.69, 9.17) is 9.47 Å². The molecule has 1 saturated heterocycles. The third-order valence-corrected chi connectivity index (χ3v) is 4.46. The lowest BCUT2D eigenvalue weighted by Crippen LogP contribution is -2.48. The predicted octanol–water partition coefficient (Wildman–Crippen LogP) is 2.90. The van der Waals surface area contributed by atoms with Crippen LogP contribution < -0.4 is 0 Å². The largest absolute Gasteiger partial charge is 0.390 e. The molecule has 1 aliphatic heterocycles. The molecule has 0 spiro atoms. The smallest absolute Gasteiger partial charge is 0.0697 e. The molecule has 2 aliphatic rings. The quantitative estimate of drug-likeness (QED) is 0.712. The molecule has 0 aromatic rings. The zero-order valence-electron chi connectivity index (χ0n) is 11.7. The number of unbranched alkanes of at least 4 members (excludes halogenated alkanes) is 1. The molecule has 0 unspecified atom stereocenters. The van der Waals surface area contributed by atoms with E-state index < -0.39 is 5.60 Å². The first-order valence-corrected chi connectivity index (χ1v) is 7.63. The van der Waals surface area contributed by atoms with Crippen LogP contribution in [0.15, 0.2) is 0 Å². The molecular formula is C15H28O3. The third kappa shape index (κ3) is 4.22. The summed E-state index contributed by atoms with van der Waals surface area (Å²) < 4.78 is 10.9. The number of ether oxygens (including phenoxy) is 2. The van der Waals surface area contributed by atoms with Gasteiger partial charge in [-0.2, -0.15) is 0 Å². The van der Waals surface area contributed by atoms with Gasteiger partial charge >= 0.3 is 0 Å². The molecule has 2 rings (SSSR count). The molecule has 1 aliphatic carbocycles. The van der Waals surface area contributed by atoms with Crippen molar-refractivity contribution in [1.82, 2.24) is 0 Å². The molecule has 0 aromatic carbocycles. The fraction of sp³-hybridized carbons (Fsp3) is 1.00. The number of rotatable bonds is 7. The van der Waals surface area contributed by atoms with E-state index in [9.17, 15) is 5.11 Å². The molecule has 0 aromatic heterocycles. The van der Waals surface area contributed by atoms with Gasteiger partial charge in [0.2, 0.25) is 0 Å². The van der Waals surface area contributed by atoms with Crippen LogP contribution in [0.4, 0.5) is 0 Å². The Balaban J connectivity index is 1.50. The van der Waals surface area contributed by atoms with E-state index >= 15 is 0 Å². The van der Waals surface area contributed by atoms with Crippen molar-refractivity contribution in [3.8, 4) is 0 Å². The van der Waals surface area contributed by atoms with E-state index in [1.54, 1.807) is 0 Å². The molecule has 0 amide bonds. The second-order valence-corrected chi connectivity index (χ2v) is 6.01. The normalized spacial score (nSPS) is 33.3.